The number of esters is 1. The fraction of sp³-hybridized carbons (Fsp3) is 0.355. The minimum atomic E-state index is -0.826. The number of rotatable bonds is 11. The molecule has 1 aliphatic carbocycles. The Labute approximate surface area is 213 Å². The second kappa shape index (κ2) is 11.9. The van der Waals surface area contributed by atoms with E-state index in [9.17, 15) is 9.59 Å². The van der Waals surface area contributed by atoms with Crippen molar-refractivity contribution in [2.24, 2.45) is 0 Å². The number of benzene rings is 3. The third kappa shape index (κ3) is 5.46. The zero-order valence-corrected chi connectivity index (χ0v) is 21.1. The molecular weight excluding hydrogens is 452 g/mol. The minimum Gasteiger partial charge on any atom is -0.461 e. The van der Waals surface area contributed by atoms with Crippen LogP contribution in [0.1, 0.15) is 66.6 Å². The van der Waals surface area contributed by atoms with Gasteiger partial charge in [0.2, 0.25) is 0 Å². The van der Waals surface area contributed by atoms with Crippen LogP contribution in [0.15, 0.2) is 72.8 Å². The fourth-order valence-electron chi connectivity index (χ4n) is 4.75. The summed E-state index contributed by atoms with van der Waals surface area (Å²) in [5, 5.41) is 0. The highest BCUT2D eigenvalue weighted by molar-refractivity contribution is 5.90. The predicted molar refractivity (Wildman–Crippen MR) is 140 cm³/mol. The van der Waals surface area contributed by atoms with Gasteiger partial charge in [0, 0.05) is 0 Å². The molecule has 0 aliphatic heterocycles. The van der Waals surface area contributed by atoms with Crippen LogP contribution >= 0.6 is 0 Å². The average molecular weight is 487 g/mol. The second-order valence-electron chi connectivity index (χ2n) is 9.29. The molecule has 0 heterocycles. The van der Waals surface area contributed by atoms with Gasteiger partial charge in [-0.1, -0.05) is 87.4 Å². The van der Waals surface area contributed by atoms with Crippen LogP contribution in [0.4, 0.5) is 4.79 Å². The minimum absolute atomic E-state index is 0.00915. The van der Waals surface area contributed by atoms with E-state index in [2.05, 4.69) is 6.92 Å². The lowest BCUT2D eigenvalue weighted by molar-refractivity contribution is 0.0202. The number of hydrogen-bond donors (Lipinski definition) is 0. The lowest BCUT2D eigenvalue weighted by Gasteiger charge is -2.30. The molecular formula is C31H34O5. The third-order valence-electron chi connectivity index (χ3n) is 6.79. The molecule has 188 valence electrons. The van der Waals surface area contributed by atoms with Gasteiger partial charge in [-0.05, 0) is 59.2 Å². The molecule has 0 atom stereocenters. The summed E-state index contributed by atoms with van der Waals surface area (Å²) in [6.45, 7) is 4.56. The lowest BCUT2D eigenvalue weighted by atomic mass is 9.79. The second-order valence-corrected chi connectivity index (χ2v) is 9.29. The lowest BCUT2D eigenvalue weighted by Crippen LogP contribution is -2.38. The Hall–Kier alpha value is -3.60. The highest BCUT2D eigenvalue weighted by Gasteiger charge is 2.45. The van der Waals surface area contributed by atoms with Crippen LogP contribution in [0.2, 0.25) is 0 Å². The van der Waals surface area contributed by atoms with Crippen LogP contribution in [-0.2, 0) is 26.0 Å². The molecule has 0 radical (unpaired) electrons. The highest BCUT2D eigenvalue weighted by Crippen LogP contribution is 2.49. The van der Waals surface area contributed by atoms with Gasteiger partial charge in [0.15, 0.2) is 0 Å². The van der Waals surface area contributed by atoms with Crippen LogP contribution in [0.25, 0.3) is 11.1 Å². The third-order valence-corrected chi connectivity index (χ3v) is 6.79. The van der Waals surface area contributed by atoms with Crippen molar-refractivity contribution < 1.29 is 23.8 Å². The quantitative estimate of drug-likeness (QED) is 0.214. The van der Waals surface area contributed by atoms with E-state index in [-0.39, 0.29) is 13.2 Å². The molecule has 5 nitrogen and oxygen atoms in total. The van der Waals surface area contributed by atoms with Gasteiger partial charge in [0.05, 0.1) is 17.6 Å². The highest BCUT2D eigenvalue weighted by atomic mass is 16.7. The van der Waals surface area contributed by atoms with E-state index in [4.69, 9.17) is 14.2 Å². The molecule has 0 bridgehead atoms. The maximum Gasteiger partial charge on any atom is 0.508 e. The van der Waals surface area contributed by atoms with E-state index in [1.54, 1.807) is 0 Å². The Kier molecular flexibility index (Phi) is 8.42. The molecule has 5 heteroatoms. The molecule has 0 saturated carbocycles. The molecule has 0 unspecified atom stereocenters. The van der Waals surface area contributed by atoms with E-state index in [0.29, 0.717) is 12.2 Å². The van der Waals surface area contributed by atoms with E-state index in [0.717, 1.165) is 54.4 Å². The number of fused-ring (bicyclic) bond motifs is 3. The van der Waals surface area contributed by atoms with Crippen molar-refractivity contribution in [2.45, 2.75) is 51.4 Å². The van der Waals surface area contributed by atoms with Crippen molar-refractivity contribution in [1.29, 1.82) is 0 Å². The summed E-state index contributed by atoms with van der Waals surface area (Å²) >= 11 is 0. The number of aryl methyl sites for hydroxylation is 1. The summed E-state index contributed by atoms with van der Waals surface area (Å²) < 4.78 is 16.8. The van der Waals surface area contributed by atoms with Crippen molar-refractivity contribution in [3.05, 3.63) is 95.1 Å². The summed E-state index contributed by atoms with van der Waals surface area (Å²) in [5.74, 6) is -0.399. The maximum absolute atomic E-state index is 13.1. The smallest absolute Gasteiger partial charge is 0.461 e. The Balaban J connectivity index is 1.58. The summed E-state index contributed by atoms with van der Waals surface area (Å²) in [7, 11) is 0. The molecule has 0 aromatic heterocycles. The van der Waals surface area contributed by atoms with Crippen molar-refractivity contribution in [3.8, 4) is 11.1 Å². The van der Waals surface area contributed by atoms with Crippen molar-refractivity contribution in [1.82, 2.24) is 0 Å². The SMILES string of the molecule is CCCCOC(=O)OCC1(COC(=O)c2ccc(CCCC)cc2)c2ccccc2-c2ccccc21. The summed E-state index contributed by atoms with van der Waals surface area (Å²) in [4.78, 5) is 25.4. The first-order valence-corrected chi connectivity index (χ1v) is 12.8. The number of hydrogen-bond acceptors (Lipinski definition) is 5. The monoisotopic (exact) mass is 486 g/mol. The van der Waals surface area contributed by atoms with Gasteiger partial charge in [-0.3, -0.25) is 0 Å². The number of ether oxygens (including phenoxy) is 3. The largest absolute Gasteiger partial charge is 0.508 e. The Morgan fingerprint density at radius 2 is 1.28 bits per heavy atom. The number of carbonyl (C=O) groups is 2. The van der Waals surface area contributed by atoms with Crippen molar-refractivity contribution in [2.75, 3.05) is 19.8 Å². The van der Waals surface area contributed by atoms with Gasteiger partial charge in [0.1, 0.15) is 13.2 Å². The van der Waals surface area contributed by atoms with Gasteiger partial charge in [-0.25, -0.2) is 9.59 Å². The first-order chi connectivity index (χ1) is 17.6. The molecule has 3 aromatic rings. The Morgan fingerprint density at radius 1 is 0.694 bits per heavy atom. The normalized spacial score (nSPS) is 12.9. The molecule has 0 N–H and O–H groups in total. The predicted octanol–water partition coefficient (Wildman–Crippen LogP) is 7.11. The molecule has 4 rings (SSSR count). The van der Waals surface area contributed by atoms with E-state index < -0.39 is 17.5 Å². The van der Waals surface area contributed by atoms with Gasteiger partial charge >= 0.3 is 12.1 Å². The molecule has 0 fully saturated rings. The van der Waals surface area contributed by atoms with E-state index in [1.165, 1.54) is 5.56 Å². The summed E-state index contributed by atoms with van der Waals surface area (Å²) in [6.07, 6.45) is 4.23. The van der Waals surface area contributed by atoms with Crippen LogP contribution in [0.5, 0.6) is 0 Å². The summed E-state index contributed by atoms with van der Waals surface area (Å²) in [6, 6.07) is 23.6. The molecule has 0 saturated heterocycles. The molecule has 0 amide bonds. The van der Waals surface area contributed by atoms with Crippen LogP contribution in [-0.4, -0.2) is 31.9 Å². The molecule has 3 aromatic carbocycles. The maximum atomic E-state index is 13.1. The zero-order chi connectivity index (χ0) is 25.4. The van der Waals surface area contributed by atoms with Gasteiger partial charge < -0.3 is 14.2 Å². The Bertz CT molecular complexity index is 1140. The first-order valence-electron chi connectivity index (χ1n) is 12.8. The molecule has 1 aliphatic rings. The first kappa shape index (κ1) is 25.5. The topological polar surface area (TPSA) is 61.8 Å². The van der Waals surface area contributed by atoms with E-state index in [1.807, 2.05) is 79.7 Å². The van der Waals surface area contributed by atoms with Gasteiger partial charge in [0.25, 0.3) is 0 Å². The van der Waals surface area contributed by atoms with Crippen LogP contribution in [0.3, 0.4) is 0 Å². The van der Waals surface area contributed by atoms with Gasteiger partial charge in [-0.15, -0.1) is 0 Å². The average Bonchev–Trinajstić information content (AvgIpc) is 3.20. The standard InChI is InChI=1S/C31H34O5/c1-3-5-11-23-16-18-24(19-17-23)29(32)35-21-31(22-36-30(33)34-20-6-4-2)27-14-9-7-12-25(27)26-13-8-10-15-28(26)31/h7-10,12-19H,3-6,11,20-22H2,1-2H3. The molecule has 36 heavy (non-hydrogen) atoms. The van der Waals surface area contributed by atoms with Gasteiger partial charge in [-0.2, -0.15) is 0 Å². The van der Waals surface area contributed by atoms with Crippen LogP contribution < -0.4 is 0 Å². The van der Waals surface area contributed by atoms with Crippen molar-refractivity contribution in [3.63, 3.8) is 0 Å². The zero-order valence-electron chi connectivity index (χ0n) is 21.1. The number of unbranched alkanes of at least 4 members (excludes halogenated alkanes) is 2. The molecule has 0 spiro atoms. The number of carbonyl (C=O) groups excluding carboxylic acids is 2. The fourth-order valence-corrected chi connectivity index (χ4v) is 4.75. The summed E-state index contributed by atoms with van der Waals surface area (Å²) in [5.41, 5.74) is 4.92. The van der Waals surface area contributed by atoms with Crippen molar-refractivity contribution >= 4 is 12.1 Å². The van der Waals surface area contributed by atoms with Crippen LogP contribution in [0, 0.1) is 0 Å². The Morgan fingerprint density at radius 3 is 1.89 bits per heavy atom. The van der Waals surface area contributed by atoms with E-state index >= 15 is 0 Å².